The Kier molecular flexibility index (Phi) is 7.57. The molecule has 1 fully saturated rings. The molecular formula is C25H25BrN4O3. The van der Waals surface area contributed by atoms with Crippen molar-refractivity contribution >= 4 is 45.0 Å². The van der Waals surface area contributed by atoms with Gasteiger partial charge in [0.25, 0.3) is 5.91 Å². The molecule has 2 N–H and O–H groups in total. The van der Waals surface area contributed by atoms with Gasteiger partial charge in [0.05, 0.1) is 18.0 Å². The molecule has 0 radical (unpaired) electrons. The van der Waals surface area contributed by atoms with Crippen molar-refractivity contribution < 1.29 is 14.3 Å². The van der Waals surface area contributed by atoms with E-state index in [-0.39, 0.29) is 5.91 Å². The molecule has 1 saturated heterocycles. The standard InChI is InChI=1S/C25H25BrN4O3/c26-20-7-5-19(6-8-20)24(31)28-22-3-1-2-4-23(22)29-25(32)33-17-18-11-15-30(16-12-18)21-9-13-27-14-10-21/h1-10,13-14,18H,11-12,15-17H2,(H,28,31)(H,29,32). The maximum atomic E-state index is 12.5. The lowest BCUT2D eigenvalue weighted by Gasteiger charge is -2.33. The van der Waals surface area contributed by atoms with Gasteiger partial charge in [-0.2, -0.15) is 0 Å². The van der Waals surface area contributed by atoms with Crippen LogP contribution in [0.5, 0.6) is 0 Å². The SMILES string of the molecule is O=C(Nc1ccccc1NC(=O)c1ccc(Br)cc1)OCC1CCN(c2ccncc2)CC1. The highest BCUT2D eigenvalue weighted by atomic mass is 79.9. The molecule has 2 aromatic carbocycles. The van der Waals surface area contributed by atoms with Crippen LogP contribution in [-0.2, 0) is 4.74 Å². The molecule has 2 heterocycles. The number of aromatic nitrogens is 1. The summed E-state index contributed by atoms with van der Waals surface area (Å²) in [6, 6.07) is 18.1. The number of hydrogen-bond acceptors (Lipinski definition) is 5. The summed E-state index contributed by atoms with van der Waals surface area (Å²) < 4.78 is 6.38. The van der Waals surface area contributed by atoms with Crippen LogP contribution >= 0.6 is 15.9 Å². The van der Waals surface area contributed by atoms with Crippen molar-refractivity contribution in [1.82, 2.24) is 4.98 Å². The second kappa shape index (κ2) is 11.0. The van der Waals surface area contributed by atoms with E-state index in [1.807, 2.05) is 12.1 Å². The molecule has 1 aliphatic rings. The summed E-state index contributed by atoms with van der Waals surface area (Å²) in [6.07, 6.45) is 4.98. The number of halogens is 1. The molecule has 0 aliphatic carbocycles. The third-order valence-electron chi connectivity index (χ3n) is 5.61. The van der Waals surface area contributed by atoms with E-state index in [4.69, 9.17) is 4.74 Å². The van der Waals surface area contributed by atoms with Gasteiger partial charge in [0.2, 0.25) is 0 Å². The zero-order valence-electron chi connectivity index (χ0n) is 18.0. The van der Waals surface area contributed by atoms with Crippen molar-refractivity contribution in [1.29, 1.82) is 0 Å². The number of benzene rings is 2. The predicted molar refractivity (Wildman–Crippen MR) is 133 cm³/mol. The molecule has 0 saturated carbocycles. The number of carbonyl (C=O) groups excluding carboxylic acids is 2. The number of pyridine rings is 1. The zero-order valence-corrected chi connectivity index (χ0v) is 19.6. The molecule has 0 spiro atoms. The maximum Gasteiger partial charge on any atom is 0.411 e. The molecule has 8 heteroatoms. The van der Waals surface area contributed by atoms with Crippen LogP contribution in [0.25, 0.3) is 0 Å². The van der Waals surface area contributed by atoms with Crippen LogP contribution in [0.15, 0.2) is 77.5 Å². The van der Waals surface area contributed by atoms with Gasteiger partial charge in [-0.1, -0.05) is 28.1 Å². The van der Waals surface area contributed by atoms with E-state index in [0.717, 1.165) is 30.4 Å². The third kappa shape index (κ3) is 6.32. The Morgan fingerprint density at radius 1 is 0.939 bits per heavy atom. The average molecular weight is 509 g/mol. The number of piperidine rings is 1. The van der Waals surface area contributed by atoms with E-state index in [2.05, 4.69) is 36.4 Å². The topological polar surface area (TPSA) is 83.6 Å². The molecule has 4 rings (SSSR count). The zero-order chi connectivity index (χ0) is 23.0. The number of amides is 2. The minimum atomic E-state index is -0.531. The van der Waals surface area contributed by atoms with E-state index in [0.29, 0.717) is 29.5 Å². The summed E-state index contributed by atoms with van der Waals surface area (Å²) in [5, 5.41) is 5.59. The fraction of sp³-hybridized carbons (Fsp3) is 0.240. The first kappa shape index (κ1) is 22.8. The maximum absolute atomic E-state index is 12.5. The van der Waals surface area contributed by atoms with Crippen LogP contribution in [0.3, 0.4) is 0 Å². The number of para-hydroxylation sites is 2. The predicted octanol–water partition coefficient (Wildman–Crippen LogP) is 5.56. The number of nitrogens with zero attached hydrogens (tertiary/aromatic N) is 2. The largest absolute Gasteiger partial charge is 0.449 e. The van der Waals surface area contributed by atoms with Gasteiger partial charge in [-0.15, -0.1) is 0 Å². The molecule has 2 amide bonds. The first-order chi connectivity index (χ1) is 16.1. The van der Waals surface area contributed by atoms with Crippen LogP contribution < -0.4 is 15.5 Å². The fourth-order valence-electron chi connectivity index (χ4n) is 3.75. The Balaban J connectivity index is 1.27. The van der Waals surface area contributed by atoms with Gasteiger partial charge in [-0.05, 0) is 67.3 Å². The van der Waals surface area contributed by atoms with E-state index in [9.17, 15) is 9.59 Å². The first-order valence-electron chi connectivity index (χ1n) is 10.8. The van der Waals surface area contributed by atoms with Gasteiger partial charge in [0.15, 0.2) is 0 Å². The average Bonchev–Trinajstić information content (AvgIpc) is 2.85. The molecule has 0 atom stereocenters. The van der Waals surface area contributed by atoms with Gasteiger partial charge in [0.1, 0.15) is 0 Å². The molecule has 0 bridgehead atoms. The Hall–Kier alpha value is -3.39. The highest BCUT2D eigenvalue weighted by molar-refractivity contribution is 9.10. The molecule has 7 nitrogen and oxygen atoms in total. The lowest BCUT2D eigenvalue weighted by molar-refractivity contribution is 0.102. The molecule has 3 aromatic rings. The molecule has 33 heavy (non-hydrogen) atoms. The molecule has 1 aliphatic heterocycles. The summed E-state index contributed by atoms with van der Waals surface area (Å²) >= 11 is 3.36. The normalized spacial score (nSPS) is 13.9. The Bertz CT molecular complexity index is 1080. The van der Waals surface area contributed by atoms with E-state index in [1.165, 1.54) is 5.69 Å². The lowest BCUT2D eigenvalue weighted by atomic mass is 9.97. The second-order valence-corrected chi connectivity index (χ2v) is 8.78. The van der Waals surface area contributed by atoms with Crippen molar-refractivity contribution in [3.8, 4) is 0 Å². The van der Waals surface area contributed by atoms with Gasteiger partial charge in [-0.25, -0.2) is 4.79 Å². The van der Waals surface area contributed by atoms with Gasteiger partial charge >= 0.3 is 6.09 Å². The van der Waals surface area contributed by atoms with Gasteiger partial charge in [-0.3, -0.25) is 15.1 Å². The summed E-state index contributed by atoms with van der Waals surface area (Å²) in [7, 11) is 0. The van der Waals surface area contributed by atoms with E-state index < -0.39 is 6.09 Å². The quantitative estimate of drug-likeness (QED) is 0.455. The third-order valence-corrected chi connectivity index (χ3v) is 6.14. The summed E-state index contributed by atoms with van der Waals surface area (Å²) in [5.41, 5.74) is 2.69. The van der Waals surface area contributed by atoms with Crippen LogP contribution in [-0.4, -0.2) is 36.7 Å². The van der Waals surface area contributed by atoms with Gasteiger partial charge < -0.3 is 15.0 Å². The van der Waals surface area contributed by atoms with Crippen molar-refractivity contribution in [3.05, 3.63) is 83.1 Å². The molecule has 1 aromatic heterocycles. The van der Waals surface area contributed by atoms with Gasteiger partial charge in [0, 0.05) is 41.2 Å². The Morgan fingerprint density at radius 2 is 1.58 bits per heavy atom. The summed E-state index contributed by atoms with van der Waals surface area (Å²) in [6.45, 7) is 2.21. The molecule has 0 unspecified atom stereocenters. The van der Waals surface area contributed by atoms with Crippen LogP contribution in [0, 0.1) is 5.92 Å². The number of anilines is 3. The lowest BCUT2D eigenvalue weighted by Crippen LogP contribution is -2.35. The number of ether oxygens (including phenoxy) is 1. The summed E-state index contributed by atoms with van der Waals surface area (Å²) in [5.74, 6) is 0.0623. The smallest absolute Gasteiger partial charge is 0.411 e. The first-order valence-corrected chi connectivity index (χ1v) is 11.6. The number of carbonyl (C=O) groups is 2. The van der Waals surface area contributed by atoms with Crippen molar-refractivity contribution in [3.63, 3.8) is 0 Å². The Labute approximate surface area is 201 Å². The number of nitrogens with one attached hydrogen (secondary N) is 2. The van der Waals surface area contributed by atoms with Crippen molar-refractivity contribution in [2.75, 3.05) is 35.2 Å². The van der Waals surface area contributed by atoms with Crippen molar-refractivity contribution in [2.45, 2.75) is 12.8 Å². The molecule has 170 valence electrons. The van der Waals surface area contributed by atoms with Crippen molar-refractivity contribution in [2.24, 2.45) is 5.92 Å². The minimum absolute atomic E-state index is 0.258. The van der Waals surface area contributed by atoms with Crippen LogP contribution in [0.4, 0.5) is 21.9 Å². The second-order valence-electron chi connectivity index (χ2n) is 7.87. The van der Waals surface area contributed by atoms with E-state index >= 15 is 0 Å². The minimum Gasteiger partial charge on any atom is -0.449 e. The van der Waals surface area contributed by atoms with E-state index in [1.54, 1.807) is 60.9 Å². The van der Waals surface area contributed by atoms with Crippen LogP contribution in [0.2, 0.25) is 0 Å². The highest BCUT2D eigenvalue weighted by Crippen LogP contribution is 2.24. The van der Waals surface area contributed by atoms with Crippen LogP contribution in [0.1, 0.15) is 23.2 Å². The number of hydrogen-bond donors (Lipinski definition) is 2. The number of rotatable bonds is 6. The highest BCUT2D eigenvalue weighted by Gasteiger charge is 2.21. The molecular weight excluding hydrogens is 484 g/mol. The monoisotopic (exact) mass is 508 g/mol. The fourth-order valence-corrected chi connectivity index (χ4v) is 4.01. The Morgan fingerprint density at radius 3 is 2.24 bits per heavy atom. The summed E-state index contributed by atoms with van der Waals surface area (Å²) in [4.78, 5) is 31.3.